The van der Waals surface area contributed by atoms with Gasteiger partial charge in [0.2, 0.25) is 0 Å². The number of aliphatic imine (C=N–C) groups is 1. The first-order chi connectivity index (χ1) is 5.79. The molecule has 1 aromatic rings. The SMILES string of the molecule is C=CN(C)c1ccccc1N=C. The average Bonchev–Trinajstić information content (AvgIpc) is 2.16. The highest BCUT2D eigenvalue weighted by molar-refractivity contribution is 5.69. The number of nitrogens with zero attached hydrogens (tertiary/aromatic N) is 2. The number of para-hydroxylation sites is 2. The van der Waals surface area contributed by atoms with Gasteiger partial charge in [-0.1, -0.05) is 18.7 Å². The van der Waals surface area contributed by atoms with Gasteiger partial charge >= 0.3 is 0 Å². The van der Waals surface area contributed by atoms with E-state index in [9.17, 15) is 0 Å². The van der Waals surface area contributed by atoms with E-state index in [0.29, 0.717) is 0 Å². The molecule has 0 aliphatic heterocycles. The minimum Gasteiger partial charge on any atom is -0.350 e. The Morgan fingerprint density at radius 2 is 2.08 bits per heavy atom. The van der Waals surface area contributed by atoms with E-state index in [1.807, 2.05) is 36.2 Å². The smallest absolute Gasteiger partial charge is 0.0859 e. The van der Waals surface area contributed by atoms with E-state index in [-0.39, 0.29) is 0 Å². The molecule has 0 unspecified atom stereocenters. The molecule has 0 amide bonds. The second-order valence-electron chi connectivity index (χ2n) is 2.44. The van der Waals surface area contributed by atoms with Gasteiger partial charge in [0.25, 0.3) is 0 Å². The summed E-state index contributed by atoms with van der Waals surface area (Å²) in [5, 5.41) is 0. The highest BCUT2D eigenvalue weighted by Gasteiger charge is 2.00. The molecule has 0 spiro atoms. The Balaban J connectivity index is 3.12. The van der Waals surface area contributed by atoms with E-state index in [1.165, 1.54) is 0 Å². The van der Waals surface area contributed by atoms with Crippen molar-refractivity contribution in [1.82, 2.24) is 0 Å². The second kappa shape index (κ2) is 3.72. The molecule has 1 rings (SSSR count). The lowest BCUT2D eigenvalue weighted by Crippen LogP contribution is -2.06. The number of benzene rings is 1. The first-order valence-corrected chi connectivity index (χ1v) is 3.70. The van der Waals surface area contributed by atoms with Crippen LogP contribution < -0.4 is 4.90 Å². The molecular formula is C10H12N2. The maximum absolute atomic E-state index is 3.90. The molecular weight excluding hydrogens is 148 g/mol. The van der Waals surface area contributed by atoms with E-state index in [1.54, 1.807) is 6.20 Å². The van der Waals surface area contributed by atoms with Crippen LogP contribution in [-0.4, -0.2) is 13.8 Å². The quantitative estimate of drug-likeness (QED) is 0.620. The van der Waals surface area contributed by atoms with Crippen LogP contribution in [0.1, 0.15) is 0 Å². The third-order valence-electron chi connectivity index (χ3n) is 1.71. The van der Waals surface area contributed by atoms with Crippen LogP contribution in [0, 0.1) is 0 Å². The molecule has 2 heteroatoms. The highest BCUT2D eigenvalue weighted by Crippen LogP contribution is 2.26. The van der Waals surface area contributed by atoms with Gasteiger partial charge in [0.15, 0.2) is 0 Å². The molecule has 0 saturated carbocycles. The Morgan fingerprint density at radius 1 is 1.42 bits per heavy atom. The molecule has 0 aromatic heterocycles. The van der Waals surface area contributed by atoms with Gasteiger partial charge < -0.3 is 4.90 Å². The summed E-state index contributed by atoms with van der Waals surface area (Å²) in [5.41, 5.74) is 1.89. The first kappa shape index (κ1) is 8.53. The predicted molar refractivity (Wildman–Crippen MR) is 54.3 cm³/mol. The van der Waals surface area contributed by atoms with Gasteiger partial charge in [0.05, 0.1) is 11.4 Å². The number of hydrogen-bond donors (Lipinski definition) is 0. The molecule has 12 heavy (non-hydrogen) atoms. The zero-order chi connectivity index (χ0) is 8.97. The maximum atomic E-state index is 3.90. The molecule has 0 bridgehead atoms. The predicted octanol–water partition coefficient (Wildman–Crippen LogP) is 2.60. The second-order valence-corrected chi connectivity index (χ2v) is 2.44. The number of anilines is 1. The maximum Gasteiger partial charge on any atom is 0.0859 e. The van der Waals surface area contributed by atoms with E-state index >= 15 is 0 Å². The lowest BCUT2D eigenvalue weighted by Gasteiger charge is -2.14. The third-order valence-corrected chi connectivity index (χ3v) is 1.71. The largest absolute Gasteiger partial charge is 0.350 e. The molecule has 0 aliphatic carbocycles. The molecule has 2 nitrogen and oxygen atoms in total. The van der Waals surface area contributed by atoms with Crippen LogP contribution in [-0.2, 0) is 0 Å². The van der Waals surface area contributed by atoms with Crippen molar-refractivity contribution < 1.29 is 0 Å². The Kier molecular flexibility index (Phi) is 2.64. The number of rotatable bonds is 3. The van der Waals surface area contributed by atoms with Crippen molar-refractivity contribution >= 4 is 18.1 Å². The van der Waals surface area contributed by atoms with E-state index in [0.717, 1.165) is 11.4 Å². The Morgan fingerprint density at radius 3 is 2.67 bits per heavy atom. The normalized spacial score (nSPS) is 9.08. The average molecular weight is 160 g/mol. The van der Waals surface area contributed by atoms with Gasteiger partial charge in [-0.15, -0.1) is 0 Å². The fourth-order valence-corrected chi connectivity index (χ4v) is 0.994. The molecule has 62 valence electrons. The molecule has 0 radical (unpaired) electrons. The van der Waals surface area contributed by atoms with Crippen molar-refractivity contribution in [3.8, 4) is 0 Å². The van der Waals surface area contributed by atoms with Gasteiger partial charge in [-0.3, -0.25) is 4.99 Å². The van der Waals surface area contributed by atoms with Gasteiger partial charge in [-0.25, -0.2) is 0 Å². The fraction of sp³-hybridized carbons (Fsp3) is 0.100. The van der Waals surface area contributed by atoms with Crippen LogP contribution in [0.4, 0.5) is 11.4 Å². The van der Waals surface area contributed by atoms with Gasteiger partial charge in [0.1, 0.15) is 0 Å². The van der Waals surface area contributed by atoms with Gasteiger partial charge in [0, 0.05) is 7.05 Å². The standard InChI is InChI=1S/C10H12N2/c1-4-12(3)10-8-6-5-7-9(10)11-2/h4-8H,1-2H2,3H3. The van der Waals surface area contributed by atoms with Gasteiger partial charge in [-0.05, 0) is 25.1 Å². The van der Waals surface area contributed by atoms with E-state index in [4.69, 9.17) is 0 Å². The molecule has 0 fully saturated rings. The van der Waals surface area contributed by atoms with Crippen LogP contribution in [0.15, 0.2) is 42.0 Å². The minimum atomic E-state index is 0.875. The van der Waals surface area contributed by atoms with Crippen molar-refractivity contribution in [2.75, 3.05) is 11.9 Å². The van der Waals surface area contributed by atoms with Crippen molar-refractivity contribution in [3.05, 3.63) is 37.0 Å². The summed E-state index contributed by atoms with van der Waals surface area (Å²) in [6.07, 6.45) is 1.74. The molecule has 0 aliphatic rings. The third kappa shape index (κ3) is 1.53. The molecule has 0 saturated heterocycles. The molecule has 0 atom stereocenters. The van der Waals surface area contributed by atoms with Gasteiger partial charge in [-0.2, -0.15) is 0 Å². The summed E-state index contributed by atoms with van der Waals surface area (Å²) in [6.45, 7) is 7.17. The Bertz CT molecular complexity index is 292. The van der Waals surface area contributed by atoms with Crippen LogP contribution in [0.3, 0.4) is 0 Å². The summed E-state index contributed by atoms with van der Waals surface area (Å²) >= 11 is 0. The Hall–Kier alpha value is -1.57. The molecule has 1 aromatic carbocycles. The Labute approximate surface area is 72.9 Å². The topological polar surface area (TPSA) is 15.6 Å². The first-order valence-electron chi connectivity index (χ1n) is 3.70. The van der Waals surface area contributed by atoms with Crippen molar-refractivity contribution in [3.63, 3.8) is 0 Å². The molecule has 0 heterocycles. The van der Waals surface area contributed by atoms with E-state index in [2.05, 4.69) is 18.3 Å². The van der Waals surface area contributed by atoms with E-state index < -0.39 is 0 Å². The summed E-state index contributed by atoms with van der Waals surface area (Å²) in [4.78, 5) is 5.81. The van der Waals surface area contributed by atoms with Crippen molar-refractivity contribution in [1.29, 1.82) is 0 Å². The molecule has 0 N–H and O–H groups in total. The fourth-order valence-electron chi connectivity index (χ4n) is 0.994. The van der Waals surface area contributed by atoms with Crippen LogP contribution in [0.25, 0.3) is 0 Å². The van der Waals surface area contributed by atoms with Crippen LogP contribution in [0.2, 0.25) is 0 Å². The summed E-state index contributed by atoms with van der Waals surface area (Å²) in [6, 6.07) is 7.79. The summed E-state index contributed by atoms with van der Waals surface area (Å²) < 4.78 is 0. The monoisotopic (exact) mass is 160 g/mol. The lowest BCUT2D eigenvalue weighted by atomic mass is 10.2. The zero-order valence-electron chi connectivity index (χ0n) is 7.20. The van der Waals surface area contributed by atoms with Crippen molar-refractivity contribution in [2.45, 2.75) is 0 Å². The van der Waals surface area contributed by atoms with Crippen LogP contribution >= 0.6 is 0 Å². The van der Waals surface area contributed by atoms with Crippen LogP contribution in [0.5, 0.6) is 0 Å². The minimum absolute atomic E-state index is 0.875. The summed E-state index contributed by atoms with van der Waals surface area (Å²) in [5.74, 6) is 0. The highest BCUT2D eigenvalue weighted by atomic mass is 15.1. The lowest BCUT2D eigenvalue weighted by molar-refractivity contribution is 1.20. The summed E-state index contributed by atoms with van der Waals surface area (Å²) in [7, 11) is 1.93. The number of hydrogen-bond acceptors (Lipinski definition) is 2. The zero-order valence-corrected chi connectivity index (χ0v) is 7.20. The van der Waals surface area contributed by atoms with Crippen molar-refractivity contribution in [2.24, 2.45) is 4.99 Å².